The van der Waals surface area contributed by atoms with Crippen LogP contribution in [0.2, 0.25) is 0 Å². The summed E-state index contributed by atoms with van der Waals surface area (Å²) in [6, 6.07) is 8.58. The summed E-state index contributed by atoms with van der Waals surface area (Å²) in [6.45, 7) is 6.52. The molecule has 1 aliphatic heterocycles. The molecule has 4 nitrogen and oxygen atoms in total. The van der Waals surface area contributed by atoms with Gasteiger partial charge in [0.25, 0.3) is 0 Å². The van der Waals surface area contributed by atoms with Crippen LogP contribution in [-0.2, 0) is 19.3 Å². The van der Waals surface area contributed by atoms with Crippen molar-refractivity contribution >= 4 is 9.84 Å². The standard InChI is InChI=1S/C17H26O4S/c1-14(13-22(18,19)15-9-5-4-6-10-15)17(2,3)21-16-11-7-8-12-20-16/h4-6,9-10,14,16H,7-8,11-13H2,1-3H3/t14-,16-/m1/s1. The van der Waals surface area contributed by atoms with Crippen LogP contribution in [0, 0.1) is 5.92 Å². The largest absolute Gasteiger partial charge is 0.353 e. The molecule has 2 rings (SSSR count). The van der Waals surface area contributed by atoms with E-state index in [4.69, 9.17) is 9.47 Å². The third-order valence-electron chi connectivity index (χ3n) is 4.33. The van der Waals surface area contributed by atoms with Crippen molar-refractivity contribution in [3.8, 4) is 0 Å². The van der Waals surface area contributed by atoms with Crippen molar-refractivity contribution in [2.45, 2.75) is 56.8 Å². The van der Waals surface area contributed by atoms with Gasteiger partial charge in [-0.3, -0.25) is 0 Å². The average molecular weight is 326 g/mol. The molecular formula is C17H26O4S. The van der Waals surface area contributed by atoms with Gasteiger partial charge in [0, 0.05) is 6.61 Å². The summed E-state index contributed by atoms with van der Waals surface area (Å²) in [5, 5.41) is 0. The average Bonchev–Trinajstić information content (AvgIpc) is 2.48. The minimum atomic E-state index is -3.30. The molecule has 0 N–H and O–H groups in total. The maximum atomic E-state index is 12.5. The molecule has 2 atom stereocenters. The Labute approximate surface area is 133 Å². The second-order valence-electron chi connectivity index (χ2n) is 6.51. The lowest BCUT2D eigenvalue weighted by molar-refractivity contribution is -0.225. The highest BCUT2D eigenvalue weighted by molar-refractivity contribution is 7.91. The molecule has 0 radical (unpaired) electrons. The van der Waals surface area contributed by atoms with E-state index in [9.17, 15) is 8.42 Å². The van der Waals surface area contributed by atoms with E-state index < -0.39 is 15.4 Å². The molecule has 1 heterocycles. The third kappa shape index (κ3) is 4.54. The summed E-state index contributed by atoms with van der Waals surface area (Å²) in [7, 11) is -3.30. The highest BCUT2D eigenvalue weighted by Gasteiger charge is 2.34. The van der Waals surface area contributed by atoms with Crippen LogP contribution < -0.4 is 0 Å². The lowest BCUT2D eigenvalue weighted by Crippen LogP contribution is -2.41. The van der Waals surface area contributed by atoms with Crippen LogP contribution >= 0.6 is 0 Å². The summed E-state index contributed by atoms with van der Waals surface area (Å²) >= 11 is 0. The van der Waals surface area contributed by atoms with E-state index in [1.165, 1.54) is 0 Å². The topological polar surface area (TPSA) is 52.6 Å². The van der Waals surface area contributed by atoms with Crippen LogP contribution in [0.1, 0.15) is 40.0 Å². The van der Waals surface area contributed by atoms with Gasteiger partial charge in [-0.1, -0.05) is 25.1 Å². The molecule has 1 aromatic rings. The lowest BCUT2D eigenvalue weighted by Gasteiger charge is -2.36. The second-order valence-corrected chi connectivity index (χ2v) is 8.55. The minimum absolute atomic E-state index is 0.0662. The van der Waals surface area contributed by atoms with Crippen molar-refractivity contribution in [2.24, 2.45) is 5.92 Å². The summed E-state index contributed by atoms with van der Waals surface area (Å²) in [4.78, 5) is 0.367. The molecule has 0 bridgehead atoms. The van der Waals surface area contributed by atoms with Gasteiger partial charge in [-0.25, -0.2) is 8.42 Å². The molecule has 0 saturated carbocycles. The SMILES string of the molecule is C[C@H](CS(=O)(=O)c1ccccc1)C(C)(C)O[C@@H]1CCCCO1. The maximum Gasteiger partial charge on any atom is 0.178 e. The second kappa shape index (κ2) is 7.11. The van der Waals surface area contributed by atoms with Gasteiger partial charge in [0.15, 0.2) is 16.1 Å². The van der Waals surface area contributed by atoms with Crippen molar-refractivity contribution in [3.63, 3.8) is 0 Å². The molecule has 22 heavy (non-hydrogen) atoms. The summed E-state index contributed by atoms with van der Waals surface area (Å²) in [6.07, 6.45) is 2.82. The molecule has 0 spiro atoms. The third-order valence-corrected chi connectivity index (χ3v) is 6.26. The van der Waals surface area contributed by atoms with Crippen LogP contribution in [0.3, 0.4) is 0 Å². The number of benzene rings is 1. The smallest absolute Gasteiger partial charge is 0.178 e. The molecule has 0 amide bonds. The summed E-state index contributed by atoms with van der Waals surface area (Å²) in [5.74, 6) is -0.0697. The van der Waals surface area contributed by atoms with Gasteiger partial charge in [-0.2, -0.15) is 0 Å². The van der Waals surface area contributed by atoms with Crippen molar-refractivity contribution in [1.29, 1.82) is 0 Å². The fourth-order valence-electron chi connectivity index (χ4n) is 2.51. The van der Waals surface area contributed by atoms with Crippen LogP contribution in [0.15, 0.2) is 35.2 Å². The van der Waals surface area contributed by atoms with E-state index in [1.807, 2.05) is 26.8 Å². The van der Waals surface area contributed by atoms with Crippen LogP contribution in [-0.4, -0.2) is 32.7 Å². The molecular weight excluding hydrogens is 300 g/mol. The molecule has 1 fully saturated rings. The summed E-state index contributed by atoms with van der Waals surface area (Å²) < 4.78 is 36.6. The minimum Gasteiger partial charge on any atom is -0.353 e. The molecule has 0 aromatic heterocycles. The number of hydrogen-bond donors (Lipinski definition) is 0. The Hall–Kier alpha value is -0.910. The Morgan fingerprint density at radius 3 is 2.55 bits per heavy atom. The monoisotopic (exact) mass is 326 g/mol. The Bertz CT molecular complexity index is 560. The van der Waals surface area contributed by atoms with E-state index in [2.05, 4.69) is 0 Å². The maximum absolute atomic E-state index is 12.5. The Morgan fingerprint density at radius 2 is 1.95 bits per heavy atom. The number of rotatable bonds is 6. The van der Waals surface area contributed by atoms with E-state index >= 15 is 0 Å². The van der Waals surface area contributed by atoms with Gasteiger partial charge in [0.1, 0.15) is 0 Å². The molecule has 0 aliphatic carbocycles. The predicted molar refractivity (Wildman–Crippen MR) is 86.4 cm³/mol. The van der Waals surface area contributed by atoms with Gasteiger partial charge in [-0.15, -0.1) is 0 Å². The van der Waals surface area contributed by atoms with Gasteiger partial charge >= 0.3 is 0 Å². The summed E-state index contributed by atoms with van der Waals surface area (Å²) in [5.41, 5.74) is -0.552. The van der Waals surface area contributed by atoms with Gasteiger partial charge in [0.05, 0.1) is 16.2 Å². The van der Waals surface area contributed by atoms with Crippen LogP contribution in [0.5, 0.6) is 0 Å². The Balaban J connectivity index is 2.01. The first-order valence-electron chi connectivity index (χ1n) is 7.88. The first-order chi connectivity index (χ1) is 10.3. The van der Waals surface area contributed by atoms with Crippen molar-refractivity contribution in [3.05, 3.63) is 30.3 Å². The predicted octanol–water partition coefficient (Wildman–Crippen LogP) is 3.42. The first kappa shape index (κ1) is 17.4. The molecule has 124 valence electrons. The van der Waals surface area contributed by atoms with Crippen LogP contribution in [0.4, 0.5) is 0 Å². The number of hydrogen-bond acceptors (Lipinski definition) is 4. The molecule has 1 saturated heterocycles. The van der Waals surface area contributed by atoms with Crippen LogP contribution in [0.25, 0.3) is 0 Å². The highest BCUT2D eigenvalue weighted by Crippen LogP contribution is 2.29. The highest BCUT2D eigenvalue weighted by atomic mass is 32.2. The van der Waals surface area contributed by atoms with Gasteiger partial charge < -0.3 is 9.47 Å². The van der Waals surface area contributed by atoms with Crippen molar-refractivity contribution < 1.29 is 17.9 Å². The van der Waals surface area contributed by atoms with E-state index in [-0.39, 0.29) is 18.0 Å². The quantitative estimate of drug-likeness (QED) is 0.804. The zero-order chi connectivity index (χ0) is 16.2. The molecule has 1 aromatic carbocycles. The first-order valence-corrected chi connectivity index (χ1v) is 9.54. The zero-order valence-electron chi connectivity index (χ0n) is 13.6. The Kier molecular flexibility index (Phi) is 5.64. The molecule has 0 unspecified atom stereocenters. The normalized spacial score (nSPS) is 21.5. The molecule has 1 aliphatic rings. The number of ether oxygens (including phenoxy) is 2. The molecule has 5 heteroatoms. The van der Waals surface area contributed by atoms with Gasteiger partial charge in [-0.05, 0) is 51.2 Å². The fraction of sp³-hybridized carbons (Fsp3) is 0.647. The van der Waals surface area contributed by atoms with E-state index in [0.717, 1.165) is 25.9 Å². The van der Waals surface area contributed by atoms with Gasteiger partial charge in [0.2, 0.25) is 0 Å². The Morgan fingerprint density at radius 1 is 1.27 bits per heavy atom. The zero-order valence-corrected chi connectivity index (χ0v) is 14.4. The fourth-order valence-corrected chi connectivity index (χ4v) is 4.34. The number of sulfone groups is 1. The van der Waals surface area contributed by atoms with E-state index in [0.29, 0.717) is 4.90 Å². The van der Waals surface area contributed by atoms with Crippen molar-refractivity contribution in [2.75, 3.05) is 12.4 Å². The lowest BCUT2D eigenvalue weighted by atomic mass is 9.94. The van der Waals surface area contributed by atoms with E-state index in [1.54, 1.807) is 24.3 Å². The van der Waals surface area contributed by atoms with Crippen molar-refractivity contribution in [1.82, 2.24) is 0 Å².